The van der Waals surface area contributed by atoms with Crippen molar-refractivity contribution >= 4 is 27.0 Å². The Labute approximate surface area is 127 Å². The Morgan fingerprint density at radius 2 is 2.19 bits per heavy atom. The van der Waals surface area contributed by atoms with Crippen LogP contribution in [0.4, 0.5) is 10.1 Å². The first-order valence-corrected chi connectivity index (χ1v) is 8.88. The summed E-state index contributed by atoms with van der Waals surface area (Å²) in [6.45, 7) is 0.853. The van der Waals surface area contributed by atoms with Crippen molar-refractivity contribution in [3.8, 4) is 0 Å². The van der Waals surface area contributed by atoms with E-state index in [1.54, 1.807) is 24.6 Å². The third-order valence-electron chi connectivity index (χ3n) is 3.51. The van der Waals surface area contributed by atoms with E-state index >= 15 is 0 Å². The molecule has 0 atom stereocenters. The van der Waals surface area contributed by atoms with Crippen LogP contribution in [0.15, 0.2) is 34.5 Å². The number of nitrogens with zero attached hydrogens (tertiary/aromatic N) is 1. The smallest absolute Gasteiger partial charge is 0.265 e. The summed E-state index contributed by atoms with van der Waals surface area (Å²) in [5, 5.41) is 4.73. The van der Waals surface area contributed by atoms with Crippen molar-refractivity contribution in [2.45, 2.75) is 17.9 Å². The van der Waals surface area contributed by atoms with E-state index in [0.717, 1.165) is 10.4 Å². The molecule has 0 aliphatic carbocycles. The molecule has 21 heavy (non-hydrogen) atoms. The molecule has 0 saturated heterocycles. The molecule has 0 radical (unpaired) electrons. The summed E-state index contributed by atoms with van der Waals surface area (Å²) in [6.07, 6.45) is 0.611. The minimum atomic E-state index is -3.64. The fraction of sp³-hybridized carbons (Fsp3) is 0.286. The van der Waals surface area contributed by atoms with Gasteiger partial charge >= 0.3 is 0 Å². The molecule has 112 valence electrons. The van der Waals surface area contributed by atoms with Gasteiger partial charge in [-0.25, -0.2) is 12.8 Å². The summed E-state index contributed by atoms with van der Waals surface area (Å²) in [6, 6.07) is 5.93. The molecule has 1 aromatic carbocycles. The van der Waals surface area contributed by atoms with Crippen molar-refractivity contribution < 1.29 is 12.8 Å². The van der Waals surface area contributed by atoms with Crippen molar-refractivity contribution in [3.05, 3.63) is 45.9 Å². The molecule has 0 saturated carbocycles. The lowest BCUT2D eigenvalue weighted by atomic mass is 10.2. The monoisotopic (exact) mass is 326 g/mol. The van der Waals surface area contributed by atoms with Gasteiger partial charge in [0.1, 0.15) is 10.7 Å². The highest BCUT2D eigenvalue weighted by atomic mass is 32.2. The van der Waals surface area contributed by atoms with E-state index in [9.17, 15) is 12.8 Å². The molecular weight excluding hydrogens is 311 g/mol. The predicted octanol–water partition coefficient (Wildman–Crippen LogP) is 2.36. The SMILES string of the molecule is CNCc1sccc1S(=O)(=O)N1CCc2ccc(F)cc21. The second-order valence-corrected chi connectivity index (χ2v) is 7.67. The van der Waals surface area contributed by atoms with E-state index in [1.807, 2.05) is 0 Å². The van der Waals surface area contributed by atoms with Crippen LogP contribution in [0.5, 0.6) is 0 Å². The first-order valence-electron chi connectivity index (χ1n) is 6.56. The zero-order valence-corrected chi connectivity index (χ0v) is 13.1. The van der Waals surface area contributed by atoms with Gasteiger partial charge < -0.3 is 5.32 Å². The molecule has 4 nitrogen and oxygen atoms in total. The van der Waals surface area contributed by atoms with Crippen LogP contribution >= 0.6 is 11.3 Å². The first kappa shape index (κ1) is 14.5. The van der Waals surface area contributed by atoms with Crippen LogP contribution in [-0.2, 0) is 23.0 Å². The molecule has 1 aromatic heterocycles. The molecule has 0 amide bonds. The number of halogens is 1. The molecule has 1 aliphatic rings. The van der Waals surface area contributed by atoms with Crippen LogP contribution in [0.25, 0.3) is 0 Å². The number of nitrogens with one attached hydrogen (secondary N) is 1. The standard InChI is InChI=1S/C14H15FN2O2S2/c1-16-9-13-14(5-7-20-13)21(18,19)17-6-4-10-2-3-11(15)8-12(10)17/h2-3,5,7-8,16H,4,6,9H2,1H3. The van der Waals surface area contributed by atoms with Gasteiger partial charge in [0.05, 0.1) is 5.69 Å². The quantitative estimate of drug-likeness (QED) is 0.938. The van der Waals surface area contributed by atoms with Gasteiger partial charge in [0.15, 0.2) is 0 Å². The number of hydrogen-bond donors (Lipinski definition) is 1. The lowest BCUT2D eigenvalue weighted by Crippen LogP contribution is -2.29. The number of anilines is 1. The van der Waals surface area contributed by atoms with E-state index in [4.69, 9.17) is 0 Å². The summed E-state index contributed by atoms with van der Waals surface area (Å²) in [5.74, 6) is -0.420. The second kappa shape index (κ2) is 5.40. The molecule has 0 bridgehead atoms. The summed E-state index contributed by atoms with van der Waals surface area (Å²) in [4.78, 5) is 1.07. The Balaban J connectivity index is 2.05. The number of thiophene rings is 1. The number of fused-ring (bicyclic) bond motifs is 1. The van der Waals surface area contributed by atoms with Crippen LogP contribution < -0.4 is 9.62 Å². The molecule has 2 aromatic rings. The number of benzene rings is 1. The van der Waals surface area contributed by atoms with E-state index < -0.39 is 15.8 Å². The summed E-state index contributed by atoms with van der Waals surface area (Å²) in [7, 11) is -1.87. The number of sulfonamides is 1. The zero-order chi connectivity index (χ0) is 15.0. The normalized spacial score (nSPS) is 14.5. The first-order chi connectivity index (χ1) is 10.0. The predicted molar refractivity (Wildman–Crippen MR) is 81.7 cm³/mol. The van der Waals surface area contributed by atoms with Crippen molar-refractivity contribution in [2.75, 3.05) is 17.9 Å². The van der Waals surface area contributed by atoms with Crippen molar-refractivity contribution in [2.24, 2.45) is 0 Å². The van der Waals surface area contributed by atoms with Gasteiger partial charge in [-0.3, -0.25) is 4.31 Å². The fourth-order valence-electron chi connectivity index (χ4n) is 2.54. The zero-order valence-electron chi connectivity index (χ0n) is 11.5. The molecular formula is C14H15FN2O2S2. The topological polar surface area (TPSA) is 49.4 Å². The molecule has 3 rings (SSSR count). The molecule has 1 aliphatic heterocycles. The summed E-state index contributed by atoms with van der Waals surface area (Å²) in [5.41, 5.74) is 1.32. The van der Waals surface area contributed by atoms with Gasteiger partial charge in [-0.2, -0.15) is 0 Å². The Kier molecular flexibility index (Phi) is 3.73. The minimum Gasteiger partial charge on any atom is -0.315 e. The Bertz CT molecular complexity index is 771. The molecule has 7 heteroatoms. The van der Waals surface area contributed by atoms with Gasteiger partial charge in [0.25, 0.3) is 10.0 Å². The van der Waals surface area contributed by atoms with Crippen LogP contribution in [0.1, 0.15) is 10.4 Å². The van der Waals surface area contributed by atoms with Crippen molar-refractivity contribution in [1.29, 1.82) is 0 Å². The fourth-order valence-corrected chi connectivity index (χ4v) is 5.46. The lowest BCUT2D eigenvalue weighted by Gasteiger charge is -2.19. The Hall–Kier alpha value is -1.44. The van der Waals surface area contributed by atoms with Gasteiger partial charge in [-0.15, -0.1) is 11.3 Å². The van der Waals surface area contributed by atoms with Crippen LogP contribution in [0.2, 0.25) is 0 Å². The van der Waals surface area contributed by atoms with E-state index in [1.165, 1.54) is 27.8 Å². The highest BCUT2D eigenvalue weighted by Crippen LogP contribution is 2.35. The maximum absolute atomic E-state index is 13.4. The van der Waals surface area contributed by atoms with Crippen LogP contribution in [0.3, 0.4) is 0 Å². The third-order valence-corrected chi connectivity index (χ3v) is 6.46. The highest BCUT2D eigenvalue weighted by Gasteiger charge is 2.33. The van der Waals surface area contributed by atoms with E-state index in [0.29, 0.717) is 30.1 Å². The number of hydrogen-bond acceptors (Lipinski definition) is 4. The largest absolute Gasteiger partial charge is 0.315 e. The minimum absolute atomic E-state index is 0.305. The Morgan fingerprint density at radius 1 is 1.38 bits per heavy atom. The number of rotatable bonds is 4. The summed E-state index contributed by atoms with van der Waals surface area (Å²) < 4.78 is 40.4. The highest BCUT2D eigenvalue weighted by molar-refractivity contribution is 7.93. The van der Waals surface area contributed by atoms with Crippen molar-refractivity contribution in [1.82, 2.24) is 5.32 Å². The van der Waals surface area contributed by atoms with Crippen molar-refractivity contribution in [3.63, 3.8) is 0 Å². The molecule has 2 heterocycles. The Morgan fingerprint density at radius 3 is 2.95 bits per heavy atom. The molecule has 1 N–H and O–H groups in total. The maximum atomic E-state index is 13.4. The van der Waals surface area contributed by atoms with E-state index in [2.05, 4.69) is 5.32 Å². The molecule has 0 unspecified atom stereocenters. The average Bonchev–Trinajstić information content (AvgIpc) is 3.05. The maximum Gasteiger partial charge on any atom is 0.265 e. The average molecular weight is 326 g/mol. The molecule has 0 fully saturated rings. The third kappa shape index (κ3) is 2.45. The second-order valence-electron chi connectivity index (χ2n) is 4.84. The van der Waals surface area contributed by atoms with Gasteiger partial charge in [-0.05, 0) is 42.6 Å². The molecule has 0 spiro atoms. The van der Waals surface area contributed by atoms with E-state index in [-0.39, 0.29) is 0 Å². The van der Waals surface area contributed by atoms with Crippen LogP contribution in [0, 0.1) is 5.82 Å². The van der Waals surface area contributed by atoms with Gasteiger partial charge in [0, 0.05) is 18.0 Å². The van der Waals surface area contributed by atoms with Crippen LogP contribution in [-0.4, -0.2) is 22.0 Å². The summed E-state index contributed by atoms with van der Waals surface area (Å²) >= 11 is 1.40. The van der Waals surface area contributed by atoms with Gasteiger partial charge in [-0.1, -0.05) is 6.07 Å². The lowest BCUT2D eigenvalue weighted by molar-refractivity contribution is 0.591. The van der Waals surface area contributed by atoms with Gasteiger partial charge in [0.2, 0.25) is 0 Å².